The molecule has 3 saturated carbocycles. The average molecular weight is 342 g/mol. The van der Waals surface area contributed by atoms with Crippen molar-refractivity contribution in [1.29, 1.82) is 0 Å². The molecule has 0 aromatic heterocycles. The Hall–Kier alpha value is -1.39. The highest BCUT2D eigenvalue weighted by atomic mass is 16.4. The summed E-state index contributed by atoms with van der Waals surface area (Å²) < 4.78 is 0. The Morgan fingerprint density at radius 3 is 2.36 bits per heavy atom. The fourth-order valence-corrected chi connectivity index (χ4v) is 4.33. The minimum Gasteiger partial charge on any atom is -0.481 e. The molecule has 25 heavy (non-hydrogen) atoms. The molecule has 4 rings (SSSR count). The first kappa shape index (κ1) is 17.0. The van der Waals surface area contributed by atoms with Crippen molar-refractivity contribution in [2.75, 3.05) is 13.1 Å². The molecule has 3 aliphatic rings. The van der Waals surface area contributed by atoms with Gasteiger partial charge >= 0.3 is 5.97 Å². The van der Waals surface area contributed by atoms with Crippen molar-refractivity contribution in [3.8, 4) is 0 Å². The quantitative estimate of drug-likeness (QED) is 0.679. The zero-order chi connectivity index (χ0) is 17.3. The molecule has 1 aromatic rings. The number of carboxylic acid groups (broad SMARTS) is 1. The number of rotatable bonds is 8. The van der Waals surface area contributed by atoms with Crippen molar-refractivity contribution in [2.24, 2.45) is 11.3 Å². The molecule has 3 N–H and O–H groups in total. The van der Waals surface area contributed by atoms with Gasteiger partial charge in [0.2, 0.25) is 0 Å². The SMILES string of the molecule is O=C(O)C1CCC(NCC2(CNC3CC3c3ccccc3)CC2)CC1. The third-order valence-corrected chi connectivity index (χ3v) is 6.56. The van der Waals surface area contributed by atoms with Gasteiger partial charge < -0.3 is 15.7 Å². The van der Waals surface area contributed by atoms with E-state index in [0.29, 0.717) is 23.4 Å². The van der Waals surface area contributed by atoms with Gasteiger partial charge in [-0.2, -0.15) is 0 Å². The van der Waals surface area contributed by atoms with Crippen LogP contribution in [0, 0.1) is 11.3 Å². The smallest absolute Gasteiger partial charge is 0.306 e. The molecule has 2 unspecified atom stereocenters. The summed E-state index contributed by atoms with van der Waals surface area (Å²) in [5.74, 6) is -0.0191. The van der Waals surface area contributed by atoms with E-state index in [1.54, 1.807) is 0 Å². The van der Waals surface area contributed by atoms with E-state index in [4.69, 9.17) is 5.11 Å². The highest BCUT2D eigenvalue weighted by molar-refractivity contribution is 5.70. The zero-order valence-electron chi connectivity index (χ0n) is 14.9. The van der Waals surface area contributed by atoms with Crippen LogP contribution in [0.15, 0.2) is 30.3 Å². The van der Waals surface area contributed by atoms with Crippen LogP contribution in [0.4, 0.5) is 0 Å². The fraction of sp³-hybridized carbons (Fsp3) is 0.667. The number of benzene rings is 1. The topological polar surface area (TPSA) is 61.4 Å². The molecule has 0 amide bonds. The van der Waals surface area contributed by atoms with Crippen LogP contribution in [-0.2, 0) is 4.79 Å². The minimum atomic E-state index is -0.612. The highest BCUT2D eigenvalue weighted by Gasteiger charge is 2.45. The Morgan fingerprint density at radius 1 is 1.04 bits per heavy atom. The maximum absolute atomic E-state index is 11.0. The largest absolute Gasteiger partial charge is 0.481 e. The van der Waals surface area contributed by atoms with Crippen molar-refractivity contribution >= 4 is 5.97 Å². The van der Waals surface area contributed by atoms with Gasteiger partial charge in [0.05, 0.1) is 5.92 Å². The summed E-state index contributed by atoms with van der Waals surface area (Å²) in [7, 11) is 0. The van der Waals surface area contributed by atoms with Gasteiger partial charge in [0, 0.05) is 31.1 Å². The molecule has 0 saturated heterocycles. The summed E-state index contributed by atoms with van der Waals surface area (Å²) >= 11 is 0. The molecule has 0 aliphatic heterocycles. The second kappa shape index (κ2) is 7.08. The number of carbonyl (C=O) groups is 1. The van der Waals surface area contributed by atoms with Gasteiger partial charge in [-0.05, 0) is 55.9 Å². The van der Waals surface area contributed by atoms with Gasteiger partial charge in [0.15, 0.2) is 0 Å². The van der Waals surface area contributed by atoms with E-state index in [0.717, 1.165) is 38.8 Å². The molecule has 136 valence electrons. The third kappa shape index (κ3) is 4.24. The van der Waals surface area contributed by atoms with Crippen molar-refractivity contribution in [3.63, 3.8) is 0 Å². The van der Waals surface area contributed by atoms with Gasteiger partial charge in [-0.25, -0.2) is 0 Å². The summed E-state index contributed by atoms with van der Waals surface area (Å²) in [6, 6.07) is 12.0. The molecule has 1 aromatic carbocycles. The normalized spacial score (nSPS) is 33.0. The van der Waals surface area contributed by atoms with E-state index >= 15 is 0 Å². The molecule has 4 heteroatoms. The standard InChI is InChI=1S/C21H30N2O2/c24-20(25)16-6-8-17(9-7-16)22-13-21(10-11-21)14-23-19-12-18(19)15-4-2-1-3-5-15/h1-5,16-19,22-23H,6-14H2,(H,24,25). The number of hydrogen-bond donors (Lipinski definition) is 3. The lowest BCUT2D eigenvalue weighted by atomic mass is 9.86. The lowest BCUT2D eigenvalue weighted by Crippen LogP contribution is -2.41. The second-order valence-electron chi connectivity index (χ2n) is 8.51. The van der Waals surface area contributed by atoms with Gasteiger partial charge in [0.1, 0.15) is 0 Å². The average Bonchev–Trinajstić information content (AvgIpc) is 3.55. The molecule has 3 aliphatic carbocycles. The molecule has 4 nitrogen and oxygen atoms in total. The van der Waals surface area contributed by atoms with E-state index in [9.17, 15) is 4.79 Å². The lowest BCUT2D eigenvalue weighted by molar-refractivity contribution is -0.142. The fourth-order valence-electron chi connectivity index (χ4n) is 4.33. The summed E-state index contributed by atoms with van der Waals surface area (Å²) in [5, 5.41) is 16.6. The molecule has 0 bridgehead atoms. The van der Waals surface area contributed by atoms with Crippen LogP contribution in [0.2, 0.25) is 0 Å². The van der Waals surface area contributed by atoms with Crippen molar-refractivity contribution in [2.45, 2.75) is 62.9 Å². The van der Waals surface area contributed by atoms with Crippen LogP contribution >= 0.6 is 0 Å². The molecule has 0 spiro atoms. The predicted octanol–water partition coefficient (Wildman–Crippen LogP) is 3.15. The van der Waals surface area contributed by atoms with Crippen LogP contribution < -0.4 is 10.6 Å². The number of hydrogen-bond acceptors (Lipinski definition) is 3. The predicted molar refractivity (Wildman–Crippen MR) is 98.6 cm³/mol. The summed E-state index contributed by atoms with van der Waals surface area (Å²) in [6.45, 7) is 2.21. The van der Waals surface area contributed by atoms with E-state index in [1.165, 1.54) is 24.8 Å². The molecular formula is C21H30N2O2. The molecule has 0 radical (unpaired) electrons. The monoisotopic (exact) mass is 342 g/mol. The van der Waals surface area contributed by atoms with E-state index in [-0.39, 0.29) is 5.92 Å². The Labute approximate surface area is 150 Å². The summed E-state index contributed by atoms with van der Waals surface area (Å²) in [4.78, 5) is 11.0. The Balaban J connectivity index is 1.16. The first-order valence-corrected chi connectivity index (χ1v) is 9.90. The first-order chi connectivity index (χ1) is 12.2. The third-order valence-electron chi connectivity index (χ3n) is 6.56. The van der Waals surface area contributed by atoms with Crippen LogP contribution in [0.1, 0.15) is 56.4 Å². The molecule has 2 atom stereocenters. The molecular weight excluding hydrogens is 312 g/mol. The number of carboxylic acids is 1. The van der Waals surface area contributed by atoms with E-state index in [1.807, 2.05) is 0 Å². The number of aliphatic carboxylic acids is 1. The lowest BCUT2D eigenvalue weighted by Gasteiger charge is -2.29. The van der Waals surface area contributed by atoms with Crippen LogP contribution in [0.3, 0.4) is 0 Å². The van der Waals surface area contributed by atoms with Crippen molar-refractivity contribution in [3.05, 3.63) is 35.9 Å². The van der Waals surface area contributed by atoms with Crippen molar-refractivity contribution in [1.82, 2.24) is 10.6 Å². The van der Waals surface area contributed by atoms with E-state index in [2.05, 4.69) is 41.0 Å². The highest BCUT2D eigenvalue weighted by Crippen LogP contribution is 2.47. The van der Waals surface area contributed by atoms with E-state index < -0.39 is 5.97 Å². The number of nitrogens with one attached hydrogen (secondary N) is 2. The Kier molecular flexibility index (Phi) is 4.83. The van der Waals surface area contributed by atoms with Crippen LogP contribution in [-0.4, -0.2) is 36.2 Å². The molecule has 0 heterocycles. The first-order valence-electron chi connectivity index (χ1n) is 9.90. The van der Waals surface area contributed by atoms with Gasteiger partial charge in [-0.15, -0.1) is 0 Å². The Morgan fingerprint density at radius 2 is 1.72 bits per heavy atom. The van der Waals surface area contributed by atoms with Crippen molar-refractivity contribution < 1.29 is 9.90 Å². The maximum atomic E-state index is 11.0. The Bertz CT molecular complexity index is 591. The summed E-state index contributed by atoms with van der Waals surface area (Å²) in [6.07, 6.45) is 7.60. The van der Waals surface area contributed by atoms with Gasteiger partial charge in [-0.3, -0.25) is 4.79 Å². The van der Waals surface area contributed by atoms with Crippen LogP contribution in [0.25, 0.3) is 0 Å². The summed E-state index contributed by atoms with van der Waals surface area (Å²) in [5.41, 5.74) is 1.92. The molecule has 3 fully saturated rings. The van der Waals surface area contributed by atoms with Gasteiger partial charge in [0.25, 0.3) is 0 Å². The minimum absolute atomic E-state index is 0.112. The maximum Gasteiger partial charge on any atom is 0.306 e. The van der Waals surface area contributed by atoms with Crippen LogP contribution in [0.5, 0.6) is 0 Å². The zero-order valence-corrected chi connectivity index (χ0v) is 14.9. The second-order valence-corrected chi connectivity index (χ2v) is 8.51. The van der Waals surface area contributed by atoms with Gasteiger partial charge in [-0.1, -0.05) is 30.3 Å².